The Morgan fingerprint density at radius 1 is 1.00 bits per heavy atom. The number of hydrogen-bond donors (Lipinski definition) is 1. The molecule has 0 amide bonds. The largest absolute Gasteiger partial charge is 0.382 e. The molecule has 0 aromatic heterocycles. The highest BCUT2D eigenvalue weighted by Gasteiger charge is 2.31. The number of carbonyl (C=O) groups excluding carboxylic acids is 2. The average Bonchev–Trinajstić information content (AvgIpc) is 2.73. The van der Waals surface area contributed by atoms with E-state index < -0.39 is 11.4 Å². The lowest BCUT2D eigenvalue weighted by molar-refractivity contribution is -0.139. The van der Waals surface area contributed by atoms with Gasteiger partial charge in [0.1, 0.15) is 11.4 Å². The third kappa shape index (κ3) is 6.24. The van der Waals surface area contributed by atoms with Crippen LogP contribution in [0.4, 0.5) is 5.69 Å². The van der Waals surface area contributed by atoms with Crippen LogP contribution in [-0.4, -0.2) is 48.6 Å². The fourth-order valence-electron chi connectivity index (χ4n) is 3.53. The van der Waals surface area contributed by atoms with Gasteiger partial charge in [0.05, 0.1) is 19.6 Å². The molecule has 2 aromatic carbocycles. The van der Waals surface area contributed by atoms with Gasteiger partial charge in [0, 0.05) is 31.6 Å². The van der Waals surface area contributed by atoms with Crippen LogP contribution in [0.2, 0.25) is 0 Å². The van der Waals surface area contributed by atoms with Gasteiger partial charge in [-0.25, -0.2) is 0 Å². The molecule has 0 spiro atoms. The number of hydrogen-bond acceptors (Lipinski definition) is 5. The van der Waals surface area contributed by atoms with E-state index in [0.717, 1.165) is 43.1 Å². The van der Waals surface area contributed by atoms with Crippen LogP contribution in [-0.2, 0) is 27.2 Å². The number of anilines is 1. The maximum Gasteiger partial charge on any atom is 0.171 e. The molecule has 1 N–H and O–H groups in total. The molecule has 0 aliphatic carbocycles. The van der Waals surface area contributed by atoms with Crippen LogP contribution in [0.3, 0.4) is 0 Å². The zero-order chi connectivity index (χ0) is 20.7. The molecule has 1 unspecified atom stereocenters. The van der Waals surface area contributed by atoms with Gasteiger partial charge in [0.25, 0.3) is 0 Å². The Hall–Kier alpha value is -2.50. The Kier molecular flexibility index (Phi) is 7.18. The van der Waals surface area contributed by atoms with E-state index in [0.29, 0.717) is 12.8 Å². The van der Waals surface area contributed by atoms with Gasteiger partial charge in [-0.15, -0.1) is 0 Å². The number of Topliss-reactive ketones (excluding diaryl/α,β-unsaturated/α-hetero) is 2. The molecule has 5 nitrogen and oxygen atoms in total. The summed E-state index contributed by atoms with van der Waals surface area (Å²) in [5.41, 5.74) is 1.57. The number of carbonyl (C=O) groups is 2. The molecule has 1 heterocycles. The molecule has 1 fully saturated rings. The van der Waals surface area contributed by atoms with Crippen LogP contribution in [0, 0.1) is 0 Å². The quantitative estimate of drug-likeness (QED) is 0.661. The van der Waals surface area contributed by atoms with E-state index in [2.05, 4.69) is 17.0 Å². The minimum absolute atomic E-state index is 0.138. The second kappa shape index (κ2) is 9.81. The number of rotatable bonds is 9. The van der Waals surface area contributed by atoms with E-state index in [1.54, 1.807) is 0 Å². The Morgan fingerprint density at radius 2 is 1.66 bits per heavy atom. The highest BCUT2D eigenvalue weighted by atomic mass is 16.5. The molecule has 0 bridgehead atoms. The molecule has 5 heteroatoms. The second-order valence-corrected chi connectivity index (χ2v) is 7.84. The van der Waals surface area contributed by atoms with Crippen molar-refractivity contribution in [3.8, 4) is 0 Å². The van der Waals surface area contributed by atoms with Crippen molar-refractivity contribution in [1.29, 1.82) is 0 Å². The highest BCUT2D eigenvalue weighted by molar-refractivity contribution is 6.02. The Bertz CT molecular complexity index is 809. The number of nitrogens with zero attached hydrogens (tertiary/aromatic N) is 1. The first-order valence-corrected chi connectivity index (χ1v) is 10.2. The molecule has 2 aromatic rings. The maximum atomic E-state index is 12.4. The Labute approximate surface area is 172 Å². The van der Waals surface area contributed by atoms with Gasteiger partial charge in [-0.05, 0) is 36.6 Å². The summed E-state index contributed by atoms with van der Waals surface area (Å²) in [5, 5.41) is 10.5. The summed E-state index contributed by atoms with van der Waals surface area (Å²) in [6.07, 6.45) is 0.870. The van der Waals surface area contributed by atoms with Gasteiger partial charge in [-0.2, -0.15) is 0 Å². The van der Waals surface area contributed by atoms with Crippen molar-refractivity contribution < 1.29 is 19.4 Å². The van der Waals surface area contributed by atoms with E-state index in [9.17, 15) is 14.7 Å². The van der Waals surface area contributed by atoms with Gasteiger partial charge in [-0.1, -0.05) is 42.5 Å². The fourth-order valence-corrected chi connectivity index (χ4v) is 3.53. The first-order chi connectivity index (χ1) is 13.9. The van der Waals surface area contributed by atoms with Crippen molar-refractivity contribution >= 4 is 17.3 Å². The summed E-state index contributed by atoms with van der Waals surface area (Å²) in [5.74, 6) is -0.561. The number of morpholine rings is 1. The number of aryl methyl sites for hydroxylation is 1. The topological polar surface area (TPSA) is 66.8 Å². The Balaban J connectivity index is 1.47. The molecule has 29 heavy (non-hydrogen) atoms. The van der Waals surface area contributed by atoms with Crippen molar-refractivity contribution in [2.45, 2.75) is 38.2 Å². The molecule has 154 valence electrons. The van der Waals surface area contributed by atoms with Gasteiger partial charge < -0.3 is 14.7 Å². The normalized spacial score (nSPS) is 16.3. The fraction of sp³-hybridized carbons (Fsp3) is 0.417. The average molecular weight is 395 g/mol. The lowest BCUT2D eigenvalue weighted by atomic mass is 9.89. The van der Waals surface area contributed by atoms with E-state index in [4.69, 9.17) is 4.74 Å². The number of ketones is 2. The van der Waals surface area contributed by atoms with Gasteiger partial charge in [0.2, 0.25) is 0 Å². The zero-order valence-corrected chi connectivity index (χ0v) is 17.0. The second-order valence-electron chi connectivity index (χ2n) is 7.84. The van der Waals surface area contributed by atoms with Crippen molar-refractivity contribution in [3.63, 3.8) is 0 Å². The molecule has 1 aliphatic heterocycles. The van der Waals surface area contributed by atoms with Crippen LogP contribution in [0.1, 0.15) is 30.9 Å². The summed E-state index contributed by atoms with van der Waals surface area (Å²) in [4.78, 5) is 27.0. The molecule has 3 rings (SSSR count). The van der Waals surface area contributed by atoms with E-state index in [1.807, 2.05) is 42.5 Å². The first-order valence-electron chi connectivity index (χ1n) is 10.2. The monoisotopic (exact) mass is 395 g/mol. The van der Waals surface area contributed by atoms with E-state index >= 15 is 0 Å². The number of benzene rings is 2. The van der Waals surface area contributed by atoms with Crippen LogP contribution in [0.15, 0.2) is 54.6 Å². The maximum absolute atomic E-state index is 12.4. The van der Waals surface area contributed by atoms with Gasteiger partial charge in [0.15, 0.2) is 5.78 Å². The number of ether oxygens (including phenoxy) is 1. The summed E-state index contributed by atoms with van der Waals surface area (Å²) in [7, 11) is 0. The highest BCUT2D eigenvalue weighted by Crippen LogP contribution is 2.19. The smallest absolute Gasteiger partial charge is 0.171 e. The Morgan fingerprint density at radius 3 is 2.31 bits per heavy atom. The number of aliphatic hydroxyl groups is 1. The van der Waals surface area contributed by atoms with Crippen molar-refractivity contribution in [2.24, 2.45) is 0 Å². The molecule has 1 aliphatic rings. The van der Waals surface area contributed by atoms with Crippen LogP contribution in [0.5, 0.6) is 0 Å². The molecule has 1 atom stereocenters. The standard InChI is InChI=1S/C24H29NO4/c1-24(28,18-20-5-3-2-4-6-20)23(27)17-22(26)12-9-19-7-10-21(11-8-19)25-13-15-29-16-14-25/h2-8,10-11,28H,9,12-18H2,1H3. The molecule has 0 radical (unpaired) electrons. The lowest BCUT2D eigenvalue weighted by Crippen LogP contribution is -2.38. The summed E-state index contributed by atoms with van der Waals surface area (Å²) in [6.45, 7) is 4.77. The van der Waals surface area contributed by atoms with Crippen LogP contribution in [0.25, 0.3) is 0 Å². The van der Waals surface area contributed by atoms with Gasteiger partial charge in [-0.3, -0.25) is 9.59 Å². The summed E-state index contributed by atoms with van der Waals surface area (Å²) in [6, 6.07) is 17.6. The van der Waals surface area contributed by atoms with Crippen LogP contribution >= 0.6 is 0 Å². The predicted molar refractivity (Wildman–Crippen MR) is 113 cm³/mol. The molecular weight excluding hydrogens is 366 g/mol. The summed E-state index contributed by atoms with van der Waals surface area (Å²) < 4.78 is 5.37. The minimum Gasteiger partial charge on any atom is -0.382 e. The summed E-state index contributed by atoms with van der Waals surface area (Å²) >= 11 is 0. The SMILES string of the molecule is CC(O)(Cc1ccccc1)C(=O)CC(=O)CCc1ccc(N2CCOCC2)cc1. The van der Waals surface area contributed by atoms with E-state index in [1.165, 1.54) is 6.92 Å². The molecule has 1 saturated heterocycles. The lowest BCUT2D eigenvalue weighted by Gasteiger charge is -2.28. The van der Waals surface area contributed by atoms with Crippen molar-refractivity contribution in [3.05, 3.63) is 65.7 Å². The van der Waals surface area contributed by atoms with Crippen LogP contribution < -0.4 is 4.90 Å². The van der Waals surface area contributed by atoms with Crippen molar-refractivity contribution in [1.82, 2.24) is 0 Å². The third-order valence-electron chi connectivity index (χ3n) is 5.35. The van der Waals surface area contributed by atoms with Gasteiger partial charge >= 0.3 is 0 Å². The van der Waals surface area contributed by atoms with E-state index in [-0.39, 0.29) is 18.6 Å². The van der Waals surface area contributed by atoms with Crippen molar-refractivity contribution in [2.75, 3.05) is 31.2 Å². The minimum atomic E-state index is -1.53. The first kappa shape index (κ1) is 21.2. The zero-order valence-electron chi connectivity index (χ0n) is 17.0. The third-order valence-corrected chi connectivity index (χ3v) is 5.35. The molecule has 0 saturated carbocycles. The molecular formula is C24H29NO4. The predicted octanol–water partition coefficient (Wildman–Crippen LogP) is 2.98.